The lowest BCUT2D eigenvalue weighted by Crippen LogP contribution is -2.42. The van der Waals surface area contributed by atoms with Crippen molar-refractivity contribution in [3.05, 3.63) is 65.7 Å². The van der Waals surface area contributed by atoms with E-state index in [1.165, 1.54) is 24.0 Å². The first-order valence-electron chi connectivity index (χ1n) is 10.8. The van der Waals surface area contributed by atoms with Crippen LogP contribution < -0.4 is 4.74 Å². The summed E-state index contributed by atoms with van der Waals surface area (Å²) in [5, 5.41) is 0. The van der Waals surface area contributed by atoms with Crippen LogP contribution in [0.2, 0.25) is 0 Å². The molecule has 1 heterocycles. The van der Waals surface area contributed by atoms with Crippen LogP contribution in [0.3, 0.4) is 0 Å². The van der Waals surface area contributed by atoms with Gasteiger partial charge in [-0.05, 0) is 48.9 Å². The van der Waals surface area contributed by atoms with Crippen molar-refractivity contribution in [3.63, 3.8) is 0 Å². The number of ether oxygens (including phenoxy) is 1. The van der Waals surface area contributed by atoms with Gasteiger partial charge < -0.3 is 9.64 Å². The van der Waals surface area contributed by atoms with Gasteiger partial charge >= 0.3 is 0 Å². The third-order valence-electron chi connectivity index (χ3n) is 5.02. The molecule has 0 aliphatic carbocycles. The van der Waals surface area contributed by atoms with Crippen LogP contribution in [0.1, 0.15) is 64.0 Å². The Labute approximate surface area is 170 Å². The Hall–Kier alpha value is -2.29. The average molecular weight is 382 g/mol. The van der Waals surface area contributed by atoms with Crippen LogP contribution in [0.15, 0.2) is 54.6 Å². The zero-order valence-corrected chi connectivity index (χ0v) is 17.7. The third kappa shape index (κ3) is 6.70. The Morgan fingerprint density at radius 3 is 2.04 bits per heavy atom. The summed E-state index contributed by atoms with van der Waals surface area (Å²) in [6.07, 6.45) is 5.89. The van der Waals surface area contributed by atoms with E-state index in [0.717, 1.165) is 38.1 Å². The summed E-state index contributed by atoms with van der Waals surface area (Å²) in [6.45, 7) is 7.76. The summed E-state index contributed by atoms with van der Waals surface area (Å²) < 4.78 is 6.03. The van der Waals surface area contributed by atoms with Gasteiger partial charge in [-0.3, -0.25) is 4.79 Å². The van der Waals surface area contributed by atoms with Crippen molar-refractivity contribution >= 4 is 5.91 Å². The minimum Gasteiger partial charge on any atom is -0.481 e. The number of carbonyl (C=O) groups excluding carboxylic acids is 1. The van der Waals surface area contributed by atoms with Gasteiger partial charge in [-0.25, -0.2) is 0 Å². The third-order valence-corrected chi connectivity index (χ3v) is 5.02. The molecule has 0 aromatic heterocycles. The normalized spacial score (nSPS) is 15.0. The lowest BCUT2D eigenvalue weighted by molar-refractivity contribution is -0.138. The molecule has 3 heteroatoms. The second-order valence-electron chi connectivity index (χ2n) is 7.06. The molecule has 0 spiro atoms. The molecule has 1 unspecified atom stereocenters. The van der Waals surface area contributed by atoms with Gasteiger partial charge in [0.15, 0.2) is 6.10 Å². The Morgan fingerprint density at radius 2 is 1.46 bits per heavy atom. The van der Waals surface area contributed by atoms with Crippen LogP contribution in [0.5, 0.6) is 5.75 Å². The summed E-state index contributed by atoms with van der Waals surface area (Å²) in [4.78, 5) is 14.8. The van der Waals surface area contributed by atoms with Gasteiger partial charge in [0.1, 0.15) is 5.75 Å². The van der Waals surface area contributed by atoms with Crippen molar-refractivity contribution in [2.45, 2.75) is 65.4 Å². The fraction of sp³-hybridized carbons (Fsp3) is 0.480. The van der Waals surface area contributed by atoms with Crippen LogP contribution >= 0.6 is 0 Å². The van der Waals surface area contributed by atoms with Crippen molar-refractivity contribution in [3.8, 4) is 5.75 Å². The molecule has 1 aliphatic heterocycles. The molecule has 3 nitrogen and oxygen atoms in total. The molecule has 2 aromatic rings. The first-order valence-corrected chi connectivity index (χ1v) is 10.8. The average Bonchev–Trinajstić information content (AvgIpc) is 3.04. The standard InChI is InChI=1S/C23H29NO2.C2H6/c1-2-22(23(25)24-16-8-3-4-9-17-24)26-21-14-12-20(13-15-21)18-19-10-6-5-7-11-19;1-2/h5-7,10-15,22H,2-4,8-9,16-18H2,1H3;1-2H3. The van der Waals surface area contributed by atoms with Gasteiger partial charge in [0, 0.05) is 13.1 Å². The van der Waals surface area contributed by atoms with Gasteiger partial charge in [-0.2, -0.15) is 0 Å². The fourth-order valence-electron chi connectivity index (χ4n) is 3.48. The Balaban J connectivity index is 0.00000136. The molecular formula is C25H35NO2. The van der Waals surface area contributed by atoms with Crippen molar-refractivity contribution in [2.75, 3.05) is 13.1 Å². The number of hydrogen-bond donors (Lipinski definition) is 0. The number of rotatable bonds is 6. The maximum atomic E-state index is 12.8. The summed E-state index contributed by atoms with van der Waals surface area (Å²) in [5.41, 5.74) is 2.54. The van der Waals surface area contributed by atoms with Crippen LogP contribution in [-0.2, 0) is 11.2 Å². The smallest absolute Gasteiger partial charge is 0.263 e. The molecule has 1 amide bonds. The van der Waals surface area contributed by atoms with Crippen LogP contribution in [-0.4, -0.2) is 30.0 Å². The minimum absolute atomic E-state index is 0.141. The second kappa shape index (κ2) is 12.2. The van der Waals surface area contributed by atoms with E-state index < -0.39 is 0 Å². The SMILES string of the molecule is CC.CCC(Oc1ccc(Cc2ccccc2)cc1)C(=O)N1CCCCCC1. The number of carbonyl (C=O) groups is 1. The van der Waals surface area contributed by atoms with Crippen molar-refractivity contribution in [1.29, 1.82) is 0 Å². The summed E-state index contributed by atoms with van der Waals surface area (Å²) in [6, 6.07) is 18.6. The second-order valence-corrected chi connectivity index (χ2v) is 7.06. The van der Waals surface area contributed by atoms with E-state index in [-0.39, 0.29) is 12.0 Å². The summed E-state index contributed by atoms with van der Waals surface area (Å²) >= 11 is 0. The lowest BCUT2D eigenvalue weighted by atomic mass is 10.1. The molecule has 0 bridgehead atoms. The van der Waals surface area contributed by atoms with Gasteiger partial charge in [-0.1, -0.05) is 76.1 Å². The van der Waals surface area contributed by atoms with Crippen molar-refractivity contribution < 1.29 is 9.53 Å². The maximum absolute atomic E-state index is 12.8. The Kier molecular flexibility index (Phi) is 9.61. The maximum Gasteiger partial charge on any atom is 0.263 e. The molecule has 0 radical (unpaired) electrons. The predicted molar refractivity (Wildman–Crippen MR) is 117 cm³/mol. The summed E-state index contributed by atoms with van der Waals surface area (Å²) in [7, 11) is 0. The summed E-state index contributed by atoms with van der Waals surface area (Å²) in [5.74, 6) is 0.916. The van der Waals surface area contributed by atoms with Crippen molar-refractivity contribution in [2.24, 2.45) is 0 Å². The molecule has 3 rings (SSSR count). The van der Waals surface area contributed by atoms with E-state index in [1.54, 1.807) is 0 Å². The highest BCUT2D eigenvalue weighted by Crippen LogP contribution is 2.19. The van der Waals surface area contributed by atoms with E-state index in [1.807, 2.05) is 43.9 Å². The van der Waals surface area contributed by atoms with Crippen molar-refractivity contribution in [1.82, 2.24) is 4.90 Å². The quantitative estimate of drug-likeness (QED) is 0.627. The topological polar surface area (TPSA) is 29.5 Å². The highest BCUT2D eigenvalue weighted by molar-refractivity contribution is 5.81. The Bertz CT molecular complexity index is 673. The first-order chi connectivity index (χ1) is 13.8. The number of amides is 1. The number of benzene rings is 2. The number of nitrogens with zero attached hydrogens (tertiary/aromatic N) is 1. The fourth-order valence-corrected chi connectivity index (χ4v) is 3.48. The lowest BCUT2D eigenvalue weighted by Gasteiger charge is -2.26. The highest BCUT2D eigenvalue weighted by Gasteiger charge is 2.25. The zero-order chi connectivity index (χ0) is 20.2. The van der Waals surface area contributed by atoms with Gasteiger partial charge in [0.25, 0.3) is 5.91 Å². The molecule has 1 aliphatic rings. The van der Waals surface area contributed by atoms with Crippen LogP contribution in [0.25, 0.3) is 0 Å². The van der Waals surface area contributed by atoms with Crippen LogP contribution in [0, 0.1) is 0 Å². The molecule has 28 heavy (non-hydrogen) atoms. The van der Waals surface area contributed by atoms with Gasteiger partial charge in [0.05, 0.1) is 0 Å². The van der Waals surface area contributed by atoms with E-state index in [4.69, 9.17) is 4.74 Å². The zero-order valence-electron chi connectivity index (χ0n) is 17.7. The highest BCUT2D eigenvalue weighted by atomic mass is 16.5. The van der Waals surface area contributed by atoms with Crippen LogP contribution in [0.4, 0.5) is 0 Å². The minimum atomic E-state index is -0.381. The number of likely N-dealkylation sites (tertiary alicyclic amines) is 1. The van der Waals surface area contributed by atoms with Gasteiger partial charge in [-0.15, -0.1) is 0 Å². The molecule has 0 saturated carbocycles. The molecule has 0 N–H and O–H groups in total. The van der Waals surface area contributed by atoms with E-state index in [0.29, 0.717) is 6.42 Å². The van der Waals surface area contributed by atoms with E-state index in [2.05, 4.69) is 36.4 Å². The number of hydrogen-bond acceptors (Lipinski definition) is 2. The molecule has 152 valence electrons. The first kappa shape index (κ1) is 22.0. The van der Waals surface area contributed by atoms with Gasteiger partial charge in [0.2, 0.25) is 0 Å². The molecule has 2 aromatic carbocycles. The Morgan fingerprint density at radius 1 is 0.893 bits per heavy atom. The van der Waals surface area contributed by atoms with E-state index in [9.17, 15) is 4.79 Å². The molecule has 1 atom stereocenters. The molecule has 1 saturated heterocycles. The molecule has 1 fully saturated rings. The monoisotopic (exact) mass is 381 g/mol. The molecular weight excluding hydrogens is 346 g/mol. The largest absolute Gasteiger partial charge is 0.481 e. The van der Waals surface area contributed by atoms with E-state index >= 15 is 0 Å². The predicted octanol–water partition coefficient (Wildman–Crippen LogP) is 5.86.